The van der Waals surface area contributed by atoms with E-state index in [1.54, 1.807) is 6.07 Å². The van der Waals surface area contributed by atoms with Crippen LogP contribution in [0.4, 0.5) is 4.39 Å². The van der Waals surface area contributed by atoms with Crippen molar-refractivity contribution >= 4 is 0 Å². The summed E-state index contributed by atoms with van der Waals surface area (Å²) in [5.41, 5.74) is 0.721. The summed E-state index contributed by atoms with van der Waals surface area (Å²) < 4.78 is 13.3. The predicted molar refractivity (Wildman–Crippen MR) is 65.8 cm³/mol. The number of halogens is 1. The molecule has 0 aliphatic heterocycles. The van der Waals surface area contributed by atoms with Gasteiger partial charge in [-0.25, -0.2) is 4.39 Å². The molecule has 1 aromatic rings. The number of nitrogens with one attached hydrogen (secondary N) is 2. The van der Waals surface area contributed by atoms with Crippen molar-refractivity contribution in [1.29, 1.82) is 0 Å². The fraction of sp³-hybridized carbons (Fsp3) is 0.538. The molecule has 1 unspecified atom stereocenters. The SMILES string of the molecule is CC(C)NCC(C)NCc1ccccc1F. The Morgan fingerprint density at radius 1 is 1.12 bits per heavy atom. The third-order valence-corrected chi connectivity index (χ3v) is 2.43. The standard InChI is InChI=1S/C13H21FN2/c1-10(2)15-8-11(3)16-9-12-6-4-5-7-13(12)14/h4-7,10-11,15-16H,8-9H2,1-3H3. The van der Waals surface area contributed by atoms with E-state index in [2.05, 4.69) is 31.4 Å². The molecule has 2 N–H and O–H groups in total. The van der Waals surface area contributed by atoms with E-state index in [-0.39, 0.29) is 5.82 Å². The van der Waals surface area contributed by atoms with Gasteiger partial charge in [0.1, 0.15) is 5.82 Å². The summed E-state index contributed by atoms with van der Waals surface area (Å²) in [4.78, 5) is 0. The largest absolute Gasteiger partial charge is 0.313 e. The van der Waals surface area contributed by atoms with Gasteiger partial charge in [-0.2, -0.15) is 0 Å². The van der Waals surface area contributed by atoms with E-state index in [1.807, 2.05) is 12.1 Å². The fourth-order valence-electron chi connectivity index (χ4n) is 1.41. The summed E-state index contributed by atoms with van der Waals surface area (Å²) in [7, 11) is 0. The highest BCUT2D eigenvalue weighted by Gasteiger charge is 2.04. The number of benzene rings is 1. The van der Waals surface area contributed by atoms with E-state index in [4.69, 9.17) is 0 Å². The first-order chi connectivity index (χ1) is 7.59. The predicted octanol–water partition coefficient (Wildman–Crippen LogP) is 2.30. The summed E-state index contributed by atoms with van der Waals surface area (Å²) in [6.45, 7) is 7.79. The first kappa shape index (κ1) is 13.1. The lowest BCUT2D eigenvalue weighted by Gasteiger charge is -2.16. The second-order valence-corrected chi connectivity index (χ2v) is 4.44. The zero-order valence-electron chi connectivity index (χ0n) is 10.3. The average Bonchev–Trinajstić information content (AvgIpc) is 2.25. The molecule has 0 heterocycles. The second kappa shape index (κ2) is 6.61. The molecule has 0 aliphatic carbocycles. The van der Waals surface area contributed by atoms with Crippen LogP contribution in [0.2, 0.25) is 0 Å². The molecular formula is C13H21FN2. The van der Waals surface area contributed by atoms with E-state index in [9.17, 15) is 4.39 Å². The first-order valence-corrected chi connectivity index (χ1v) is 5.79. The molecule has 0 bridgehead atoms. The van der Waals surface area contributed by atoms with Gasteiger partial charge in [-0.3, -0.25) is 0 Å². The number of rotatable bonds is 6. The van der Waals surface area contributed by atoms with Gasteiger partial charge in [0.15, 0.2) is 0 Å². The van der Waals surface area contributed by atoms with Crippen molar-refractivity contribution < 1.29 is 4.39 Å². The van der Waals surface area contributed by atoms with Crippen LogP contribution < -0.4 is 10.6 Å². The van der Waals surface area contributed by atoms with Crippen LogP contribution in [0.15, 0.2) is 24.3 Å². The summed E-state index contributed by atoms with van der Waals surface area (Å²) in [6.07, 6.45) is 0. The van der Waals surface area contributed by atoms with E-state index in [0.717, 1.165) is 12.1 Å². The Hall–Kier alpha value is -0.930. The molecule has 0 aromatic heterocycles. The molecule has 1 rings (SSSR count). The van der Waals surface area contributed by atoms with Crippen LogP contribution in [0.25, 0.3) is 0 Å². The molecule has 16 heavy (non-hydrogen) atoms. The quantitative estimate of drug-likeness (QED) is 0.775. The Bertz CT molecular complexity index is 313. The highest BCUT2D eigenvalue weighted by Crippen LogP contribution is 2.05. The van der Waals surface area contributed by atoms with Crippen molar-refractivity contribution in [2.24, 2.45) is 0 Å². The molecule has 3 heteroatoms. The van der Waals surface area contributed by atoms with Crippen LogP contribution in [-0.2, 0) is 6.54 Å². The highest BCUT2D eigenvalue weighted by molar-refractivity contribution is 5.16. The molecule has 0 spiro atoms. The maximum Gasteiger partial charge on any atom is 0.127 e. The van der Waals surface area contributed by atoms with Crippen LogP contribution >= 0.6 is 0 Å². The molecule has 1 aromatic carbocycles. The van der Waals surface area contributed by atoms with Crippen LogP contribution in [0.1, 0.15) is 26.3 Å². The Balaban J connectivity index is 2.31. The molecule has 0 aliphatic rings. The summed E-state index contributed by atoms with van der Waals surface area (Å²) in [6, 6.07) is 7.69. The minimum absolute atomic E-state index is 0.140. The molecule has 0 fully saturated rings. The Kier molecular flexibility index (Phi) is 5.43. The summed E-state index contributed by atoms with van der Waals surface area (Å²) in [5, 5.41) is 6.63. The smallest absolute Gasteiger partial charge is 0.127 e. The van der Waals surface area contributed by atoms with E-state index in [1.165, 1.54) is 6.07 Å². The maximum atomic E-state index is 13.3. The van der Waals surface area contributed by atoms with Crippen LogP contribution in [-0.4, -0.2) is 18.6 Å². The van der Waals surface area contributed by atoms with Crippen LogP contribution in [0.5, 0.6) is 0 Å². The second-order valence-electron chi connectivity index (χ2n) is 4.44. The van der Waals surface area contributed by atoms with Gasteiger partial charge in [0.05, 0.1) is 0 Å². The fourth-order valence-corrected chi connectivity index (χ4v) is 1.41. The molecule has 0 amide bonds. The van der Waals surface area contributed by atoms with Crippen molar-refractivity contribution in [2.75, 3.05) is 6.54 Å². The molecule has 0 saturated heterocycles. The maximum absolute atomic E-state index is 13.3. The number of hydrogen-bond donors (Lipinski definition) is 2. The molecule has 2 nitrogen and oxygen atoms in total. The highest BCUT2D eigenvalue weighted by atomic mass is 19.1. The number of hydrogen-bond acceptors (Lipinski definition) is 2. The first-order valence-electron chi connectivity index (χ1n) is 5.79. The third kappa shape index (κ3) is 4.73. The summed E-state index contributed by atoms with van der Waals surface area (Å²) >= 11 is 0. The lowest BCUT2D eigenvalue weighted by atomic mass is 10.2. The third-order valence-electron chi connectivity index (χ3n) is 2.43. The molecule has 90 valence electrons. The van der Waals surface area contributed by atoms with Crippen molar-refractivity contribution in [3.05, 3.63) is 35.6 Å². The zero-order chi connectivity index (χ0) is 12.0. The topological polar surface area (TPSA) is 24.1 Å². The Morgan fingerprint density at radius 2 is 1.81 bits per heavy atom. The monoisotopic (exact) mass is 224 g/mol. The van der Waals surface area contributed by atoms with E-state index >= 15 is 0 Å². The van der Waals surface area contributed by atoms with Crippen molar-refractivity contribution in [3.8, 4) is 0 Å². The van der Waals surface area contributed by atoms with Gasteiger partial charge in [0.25, 0.3) is 0 Å². The van der Waals surface area contributed by atoms with Gasteiger partial charge in [-0.05, 0) is 13.0 Å². The summed E-state index contributed by atoms with van der Waals surface area (Å²) in [5.74, 6) is -0.140. The van der Waals surface area contributed by atoms with Crippen molar-refractivity contribution in [2.45, 2.75) is 39.4 Å². The minimum atomic E-state index is -0.140. The van der Waals surface area contributed by atoms with Crippen LogP contribution in [0.3, 0.4) is 0 Å². The normalized spacial score (nSPS) is 13.1. The van der Waals surface area contributed by atoms with Crippen molar-refractivity contribution in [1.82, 2.24) is 10.6 Å². The Morgan fingerprint density at radius 3 is 2.44 bits per heavy atom. The lowest BCUT2D eigenvalue weighted by Crippen LogP contribution is -2.38. The molecule has 1 atom stereocenters. The lowest BCUT2D eigenvalue weighted by molar-refractivity contribution is 0.468. The van der Waals surface area contributed by atoms with Crippen LogP contribution in [0, 0.1) is 5.82 Å². The van der Waals surface area contributed by atoms with Crippen molar-refractivity contribution in [3.63, 3.8) is 0 Å². The zero-order valence-corrected chi connectivity index (χ0v) is 10.3. The van der Waals surface area contributed by atoms with Gasteiger partial charge in [0.2, 0.25) is 0 Å². The van der Waals surface area contributed by atoms with Gasteiger partial charge in [-0.15, -0.1) is 0 Å². The van der Waals surface area contributed by atoms with Gasteiger partial charge >= 0.3 is 0 Å². The van der Waals surface area contributed by atoms with E-state index < -0.39 is 0 Å². The molecule has 0 radical (unpaired) electrons. The van der Waals surface area contributed by atoms with E-state index in [0.29, 0.717) is 18.6 Å². The Labute approximate surface area is 97.3 Å². The van der Waals surface area contributed by atoms with Gasteiger partial charge < -0.3 is 10.6 Å². The minimum Gasteiger partial charge on any atom is -0.313 e. The average molecular weight is 224 g/mol. The van der Waals surface area contributed by atoms with Gasteiger partial charge in [0, 0.05) is 30.7 Å². The molecular weight excluding hydrogens is 203 g/mol. The van der Waals surface area contributed by atoms with Gasteiger partial charge in [-0.1, -0.05) is 32.0 Å². The molecule has 0 saturated carbocycles.